The first kappa shape index (κ1) is 20.9. The molecule has 3 rings (SSSR count). The molecule has 0 N–H and O–H groups in total. The predicted octanol–water partition coefficient (Wildman–Crippen LogP) is 5.26. The summed E-state index contributed by atoms with van der Waals surface area (Å²) in [7, 11) is 0. The maximum Gasteiger partial charge on any atom is 0.279 e. The van der Waals surface area contributed by atoms with E-state index < -0.39 is 0 Å². The Morgan fingerprint density at radius 3 is 2.59 bits per heavy atom. The van der Waals surface area contributed by atoms with Gasteiger partial charge in [-0.25, -0.2) is 0 Å². The zero-order valence-corrected chi connectivity index (χ0v) is 18.0. The van der Waals surface area contributed by atoms with E-state index in [9.17, 15) is 4.79 Å². The molecule has 4 nitrogen and oxygen atoms in total. The van der Waals surface area contributed by atoms with Gasteiger partial charge in [-0.3, -0.25) is 4.79 Å². The van der Waals surface area contributed by atoms with Crippen molar-refractivity contribution in [3.05, 3.63) is 57.9 Å². The van der Waals surface area contributed by atoms with E-state index in [1.54, 1.807) is 12.1 Å². The molecule has 1 heterocycles. The lowest BCUT2D eigenvalue weighted by Crippen LogP contribution is -2.16. The molecule has 0 saturated heterocycles. The third-order valence-corrected chi connectivity index (χ3v) is 5.90. The Hall–Kier alpha value is -2.84. The summed E-state index contributed by atoms with van der Waals surface area (Å²) in [6, 6.07) is 11.4. The average Bonchev–Trinajstić information content (AvgIpc) is 3.02. The fourth-order valence-corrected chi connectivity index (χ4v) is 4.15. The van der Waals surface area contributed by atoms with Gasteiger partial charge in [0.1, 0.15) is 5.75 Å². The smallest absolute Gasteiger partial charge is 0.279 e. The number of benzene rings is 2. The Kier molecular flexibility index (Phi) is 6.90. The highest BCUT2D eigenvalue weighted by atomic mass is 32.1. The van der Waals surface area contributed by atoms with Gasteiger partial charge in [0, 0.05) is 5.56 Å². The van der Waals surface area contributed by atoms with Gasteiger partial charge in [0.25, 0.3) is 5.91 Å². The van der Waals surface area contributed by atoms with E-state index in [1.165, 1.54) is 22.5 Å². The first-order chi connectivity index (χ1) is 14.0. The number of hydrogen-bond acceptors (Lipinski definition) is 3. The van der Waals surface area contributed by atoms with E-state index in [1.807, 2.05) is 16.7 Å². The Morgan fingerprint density at radius 2 is 1.90 bits per heavy atom. The van der Waals surface area contributed by atoms with E-state index in [2.05, 4.69) is 43.8 Å². The number of rotatable bonds is 7. The van der Waals surface area contributed by atoms with Crippen LogP contribution in [0.3, 0.4) is 0 Å². The Bertz CT molecular complexity index is 1110. The Balaban J connectivity index is 1.87. The third kappa shape index (κ3) is 4.96. The molecule has 2 aromatic carbocycles. The maximum absolute atomic E-state index is 12.7. The van der Waals surface area contributed by atoms with Crippen LogP contribution in [-0.2, 0) is 6.54 Å². The summed E-state index contributed by atoms with van der Waals surface area (Å²) in [6.07, 6.45) is 8.91. The van der Waals surface area contributed by atoms with Gasteiger partial charge in [0.15, 0.2) is 4.80 Å². The minimum atomic E-state index is -0.284. The van der Waals surface area contributed by atoms with E-state index >= 15 is 0 Å². The molecular weight excluding hydrogens is 380 g/mol. The maximum atomic E-state index is 12.7. The number of unbranched alkanes of at least 4 members (excludes halogenated alkanes) is 2. The zero-order chi connectivity index (χ0) is 20.8. The molecular formula is C24H26N2O2S. The third-order valence-electron chi connectivity index (χ3n) is 4.86. The summed E-state index contributed by atoms with van der Waals surface area (Å²) in [4.78, 5) is 17.7. The van der Waals surface area contributed by atoms with Crippen LogP contribution in [0.25, 0.3) is 10.2 Å². The lowest BCUT2D eigenvalue weighted by atomic mass is 10.1. The molecule has 0 aliphatic carbocycles. The van der Waals surface area contributed by atoms with Crippen LogP contribution in [0.15, 0.2) is 41.4 Å². The minimum Gasteiger partial charge on any atom is -0.494 e. The second-order valence-electron chi connectivity index (χ2n) is 7.08. The molecule has 0 saturated carbocycles. The van der Waals surface area contributed by atoms with Crippen molar-refractivity contribution in [3.8, 4) is 18.1 Å². The van der Waals surface area contributed by atoms with Crippen molar-refractivity contribution in [1.82, 2.24) is 4.57 Å². The van der Waals surface area contributed by atoms with Crippen LogP contribution < -0.4 is 9.54 Å². The van der Waals surface area contributed by atoms with Crippen LogP contribution >= 0.6 is 11.3 Å². The van der Waals surface area contributed by atoms with E-state index in [0.717, 1.165) is 35.2 Å². The molecule has 0 bridgehead atoms. The number of amides is 1. The number of terminal acetylenes is 1. The number of carbonyl (C=O) groups is 1. The van der Waals surface area contributed by atoms with Crippen LogP contribution in [-0.4, -0.2) is 17.1 Å². The van der Waals surface area contributed by atoms with Gasteiger partial charge in [-0.15, -0.1) is 6.42 Å². The number of nitrogens with zero attached hydrogens (tertiary/aromatic N) is 2. The average molecular weight is 407 g/mol. The number of fused-ring (bicyclic) bond motifs is 1. The lowest BCUT2D eigenvalue weighted by molar-refractivity contribution is 0.0998. The molecule has 0 radical (unpaired) electrons. The largest absolute Gasteiger partial charge is 0.494 e. The number of ether oxygens (including phenoxy) is 1. The second kappa shape index (κ2) is 9.58. The number of aryl methyl sites for hydroxylation is 2. The van der Waals surface area contributed by atoms with Crippen LogP contribution in [0.5, 0.6) is 5.75 Å². The highest BCUT2D eigenvalue weighted by Gasteiger charge is 2.10. The highest BCUT2D eigenvalue weighted by molar-refractivity contribution is 7.16. The molecule has 1 amide bonds. The quantitative estimate of drug-likeness (QED) is 0.397. The van der Waals surface area contributed by atoms with E-state index in [0.29, 0.717) is 23.5 Å². The number of carbonyl (C=O) groups excluding carboxylic acids is 1. The van der Waals surface area contributed by atoms with E-state index in [-0.39, 0.29) is 5.91 Å². The van der Waals surface area contributed by atoms with Gasteiger partial charge in [-0.2, -0.15) is 4.99 Å². The predicted molar refractivity (Wildman–Crippen MR) is 119 cm³/mol. The summed E-state index contributed by atoms with van der Waals surface area (Å²) < 4.78 is 8.71. The molecule has 29 heavy (non-hydrogen) atoms. The normalized spacial score (nSPS) is 11.6. The summed E-state index contributed by atoms with van der Waals surface area (Å²) in [6.45, 7) is 7.38. The van der Waals surface area contributed by atoms with Gasteiger partial charge in [-0.05, 0) is 67.8 Å². The Morgan fingerprint density at radius 1 is 1.17 bits per heavy atom. The standard InChI is InChI=1S/C24H26N2O2S/c1-5-7-8-14-28-20-11-9-19(10-12-20)23(27)25-24-26(13-6-2)21-15-17(3)18(4)16-22(21)29-24/h2,9-12,15-16H,5,7-8,13-14H2,1,3-4H3. The monoisotopic (exact) mass is 406 g/mol. The zero-order valence-electron chi connectivity index (χ0n) is 17.2. The molecule has 0 unspecified atom stereocenters. The first-order valence-corrected chi connectivity index (χ1v) is 10.7. The SMILES string of the molecule is C#CCn1c(=NC(=O)c2ccc(OCCCCC)cc2)sc2cc(C)c(C)cc21. The minimum absolute atomic E-state index is 0.284. The lowest BCUT2D eigenvalue weighted by Gasteiger charge is -2.05. The van der Waals surface area contributed by atoms with Crippen molar-refractivity contribution in [2.24, 2.45) is 4.99 Å². The first-order valence-electron chi connectivity index (χ1n) is 9.89. The molecule has 1 aromatic heterocycles. The molecule has 0 atom stereocenters. The van der Waals surface area contributed by atoms with Crippen molar-refractivity contribution in [2.45, 2.75) is 46.6 Å². The molecule has 3 aromatic rings. The van der Waals surface area contributed by atoms with Crippen molar-refractivity contribution in [2.75, 3.05) is 6.61 Å². The van der Waals surface area contributed by atoms with Crippen molar-refractivity contribution >= 4 is 27.5 Å². The van der Waals surface area contributed by atoms with Crippen LogP contribution in [0, 0.1) is 26.2 Å². The van der Waals surface area contributed by atoms with Gasteiger partial charge in [0.2, 0.25) is 0 Å². The summed E-state index contributed by atoms with van der Waals surface area (Å²) in [5.74, 6) is 3.15. The number of aromatic nitrogens is 1. The topological polar surface area (TPSA) is 43.6 Å². The molecule has 0 aliphatic heterocycles. The highest BCUT2D eigenvalue weighted by Crippen LogP contribution is 2.22. The molecule has 0 fully saturated rings. The van der Waals surface area contributed by atoms with Crippen LogP contribution in [0.4, 0.5) is 0 Å². The second-order valence-corrected chi connectivity index (χ2v) is 8.09. The fourth-order valence-electron chi connectivity index (χ4n) is 3.04. The Labute approximate surface area is 175 Å². The van der Waals surface area contributed by atoms with Crippen molar-refractivity contribution in [3.63, 3.8) is 0 Å². The molecule has 150 valence electrons. The number of hydrogen-bond donors (Lipinski definition) is 0. The molecule has 0 aliphatic rings. The molecule has 0 spiro atoms. The van der Waals surface area contributed by atoms with Gasteiger partial charge in [0.05, 0.1) is 23.4 Å². The van der Waals surface area contributed by atoms with Gasteiger partial charge >= 0.3 is 0 Å². The van der Waals surface area contributed by atoms with Crippen molar-refractivity contribution < 1.29 is 9.53 Å². The fraction of sp³-hybridized carbons (Fsp3) is 0.333. The van der Waals surface area contributed by atoms with Gasteiger partial charge < -0.3 is 9.30 Å². The van der Waals surface area contributed by atoms with Crippen LogP contribution in [0.1, 0.15) is 47.7 Å². The molecule has 5 heteroatoms. The summed E-state index contributed by atoms with van der Waals surface area (Å²) in [5, 5.41) is 0. The van der Waals surface area contributed by atoms with E-state index in [4.69, 9.17) is 11.2 Å². The van der Waals surface area contributed by atoms with Crippen molar-refractivity contribution in [1.29, 1.82) is 0 Å². The summed E-state index contributed by atoms with van der Waals surface area (Å²) >= 11 is 1.48. The summed E-state index contributed by atoms with van der Waals surface area (Å²) in [5.41, 5.74) is 3.94. The number of thiazole rings is 1. The van der Waals surface area contributed by atoms with Crippen LogP contribution in [0.2, 0.25) is 0 Å². The van der Waals surface area contributed by atoms with Gasteiger partial charge in [-0.1, -0.05) is 37.0 Å².